The Balaban J connectivity index is 2.70. The number of hydrogen-bond donors (Lipinski definition) is 0. The number of benzene rings is 1. The van der Waals surface area contributed by atoms with Crippen molar-refractivity contribution < 1.29 is 14.3 Å². The minimum atomic E-state index is -0.963. The molecule has 0 amide bonds. The highest BCUT2D eigenvalue weighted by molar-refractivity contribution is 8.15. The number of rotatable bonds is 5. The average molecular weight is 278 g/mol. The average Bonchev–Trinajstić information content (AvgIpc) is 2.36. The van der Waals surface area contributed by atoms with Crippen LogP contribution < -0.4 is 0 Å². The van der Waals surface area contributed by atoms with Crippen LogP contribution in [0.2, 0.25) is 0 Å². The van der Waals surface area contributed by atoms with E-state index >= 15 is 0 Å². The third kappa shape index (κ3) is 4.91. The third-order valence-corrected chi connectivity index (χ3v) is 3.47. The molecule has 0 saturated heterocycles. The Labute approximate surface area is 118 Å². The molecule has 1 atom stereocenters. The number of hydrogen-bond acceptors (Lipinski definition) is 4. The molecule has 0 N–H and O–H groups in total. The molecule has 102 valence electrons. The molecule has 0 aliphatic rings. The van der Waals surface area contributed by atoms with Crippen LogP contribution in [0.25, 0.3) is 0 Å². The Kier molecular flexibility index (Phi) is 5.83. The quantitative estimate of drug-likeness (QED) is 0.612. The second kappa shape index (κ2) is 7.14. The molecule has 0 spiro atoms. The highest BCUT2D eigenvalue weighted by atomic mass is 32.2. The number of esters is 1. The van der Waals surface area contributed by atoms with Gasteiger partial charge in [0.25, 0.3) is 0 Å². The molecule has 1 aromatic rings. The van der Waals surface area contributed by atoms with Crippen LogP contribution >= 0.6 is 11.8 Å². The van der Waals surface area contributed by atoms with Crippen LogP contribution in [0.15, 0.2) is 42.5 Å². The Hall–Kier alpha value is -1.55. The molecule has 19 heavy (non-hydrogen) atoms. The van der Waals surface area contributed by atoms with Gasteiger partial charge in [0.05, 0.1) is 0 Å². The molecule has 0 fully saturated rings. The van der Waals surface area contributed by atoms with E-state index in [0.29, 0.717) is 0 Å². The van der Waals surface area contributed by atoms with E-state index in [0.717, 1.165) is 17.3 Å². The SMILES string of the molecule is CC=C[C@](C)(SC(C)=O)C(=O)OCc1ccccc1. The monoisotopic (exact) mass is 278 g/mol. The maximum absolute atomic E-state index is 12.1. The van der Waals surface area contributed by atoms with Crippen LogP contribution in [0, 0.1) is 0 Å². The van der Waals surface area contributed by atoms with Crippen molar-refractivity contribution in [1.29, 1.82) is 0 Å². The Morgan fingerprint density at radius 1 is 1.32 bits per heavy atom. The number of ether oxygens (including phenoxy) is 1. The van der Waals surface area contributed by atoms with Crippen LogP contribution in [0.4, 0.5) is 0 Å². The Bertz CT molecular complexity index is 468. The fourth-order valence-electron chi connectivity index (χ4n) is 1.63. The highest BCUT2D eigenvalue weighted by Crippen LogP contribution is 2.29. The summed E-state index contributed by atoms with van der Waals surface area (Å²) in [5.41, 5.74) is 0.923. The number of allylic oxidation sites excluding steroid dienone is 1. The van der Waals surface area contributed by atoms with Crippen LogP contribution in [-0.2, 0) is 20.9 Å². The molecule has 3 nitrogen and oxygen atoms in total. The molecule has 0 radical (unpaired) electrons. The van der Waals surface area contributed by atoms with E-state index in [2.05, 4.69) is 0 Å². The molecule has 0 saturated carbocycles. The summed E-state index contributed by atoms with van der Waals surface area (Å²) in [5.74, 6) is -0.408. The number of carbonyl (C=O) groups excluding carboxylic acids is 2. The maximum Gasteiger partial charge on any atom is 0.326 e. The van der Waals surface area contributed by atoms with Gasteiger partial charge < -0.3 is 4.74 Å². The molecule has 1 aromatic carbocycles. The summed E-state index contributed by atoms with van der Waals surface area (Å²) in [7, 11) is 0. The lowest BCUT2D eigenvalue weighted by atomic mass is 10.1. The van der Waals surface area contributed by atoms with Crippen molar-refractivity contribution in [2.45, 2.75) is 32.1 Å². The molecule has 4 heteroatoms. The predicted octanol–water partition coefficient (Wildman–Crippen LogP) is 3.34. The summed E-state index contributed by atoms with van der Waals surface area (Å²) in [6.45, 7) is 5.15. The summed E-state index contributed by atoms with van der Waals surface area (Å²) >= 11 is 0.969. The minimum Gasteiger partial charge on any atom is -0.460 e. The zero-order valence-electron chi connectivity index (χ0n) is 11.4. The Morgan fingerprint density at radius 3 is 2.47 bits per heavy atom. The van der Waals surface area contributed by atoms with Crippen molar-refractivity contribution in [3.63, 3.8) is 0 Å². The van der Waals surface area contributed by atoms with Crippen molar-refractivity contribution in [2.24, 2.45) is 0 Å². The lowest BCUT2D eigenvalue weighted by Crippen LogP contribution is -2.32. The van der Waals surface area contributed by atoms with Crippen molar-refractivity contribution in [1.82, 2.24) is 0 Å². The van der Waals surface area contributed by atoms with Gasteiger partial charge in [-0.3, -0.25) is 9.59 Å². The van der Waals surface area contributed by atoms with Gasteiger partial charge in [-0.2, -0.15) is 0 Å². The van der Waals surface area contributed by atoms with E-state index < -0.39 is 10.7 Å². The van der Waals surface area contributed by atoms with E-state index in [1.807, 2.05) is 37.3 Å². The zero-order valence-corrected chi connectivity index (χ0v) is 12.2. The summed E-state index contributed by atoms with van der Waals surface area (Å²) in [4.78, 5) is 23.4. The maximum atomic E-state index is 12.1. The Morgan fingerprint density at radius 2 is 1.95 bits per heavy atom. The van der Waals surface area contributed by atoms with Gasteiger partial charge in [-0.25, -0.2) is 0 Å². The van der Waals surface area contributed by atoms with Crippen molar-refractivity contribution in [2.75, 3.05) is 0 Å². The predicted molar refractivity (Wildman–Crippen MR) is 77.7 cm³/mol. The molecular formula is C15H18O3S. The van der Waals surface area contributed by atoms with E-state index in [-0.39, 0.29) is 11.7 Å². The molecule has 0 bridgehead atoms. The van der Waals surface area contributed by atoms with E-state index in [9.17, 15) is 9.59 Å². The van der Waals surface area contributed by atoms with Crippen molar-refractivity contribution in [3.05, 3.63) is 48.0 Å². The molecule has 0 aromatic heterocycles. The molecule has 0 aliphatic heterocycles. The largest absolute Gasteiger partial charge is 0.460 e. The van der Waals surface area contributed by atoms with E-state index in [1.165, 1.54) is 6.92 Å². The zero-order chi connectivity index (χ0) is 14.3. The standard InChI is InChI=1S/C15H18O3S/c1-4-10-15(3,19-12(2)16)14(17)18-11-13-8-6-5-7-9-13/h4-10H,11H2,1-3H3/t15-/m0/s1. The van der Waals surface area contributed by atoms with Gasteiger partial charge in [0.15, 0.2) is 5.12 Å². The second-order valence-electron chi connectivity index (χ2n) is 4.26. The topological polar surface area (TPSA) is 43.4 Å². The lowest BCUT2D eigenvalue weighted by Gasteiger charge is -2.21. The smallest absolute Gasteiger partial charge is 0.326 e. The summed E-state index contributed by atoms with van der Waals surface area (Å²) < 4.78 is 4.32. The first-order valence-electron chi connectivity index (χ1n) is 6.02. The highest BCUT2D eigenvalue weighted by Gasteiger charge is 2.34. The fourth-order valence-corrected chi connectivity index (χ4v) is 2.57. The molecule has 1 rings (SSSR count). The van der Waals surface area contributed by atoms with Gasteiger partial charge in [0.1, 0.15) is 11.4 Å². The van der Waals surface area contributed by atoms with E-state index in [1.54, 1.807) is 19.1 Å². The molecule has 0 aliphatic carbocycles. The number of carbonyl (C=O) groups is 2. The van der Waals surface area contributed by atoms with Crippen molar-refractivity contribution in [3.8, 4) is 0 Å². The minimum absolute atomic E-state index is 0.114. The lowest BCUT2D eigenvalue weighted by molar-refractivity contribution is -0.146. The fraction of sp³-hybridized carbons (Fsp3) is 0.333. The van der Waals surface area contributed by atoms with Crippen LogP contribution in [0.3, 0.4) is 0 Å². The first-order valence-corrected chi connectivity index (χ1v) is 6.84. The van der Waals surface area contributed by atoms with Crippen LogP contribution in [0.1, 0.15) is 26.3 Å². The van der Waals surface area contributed by atoms with Crippen molar-refractivity contribution >= 4 is 22.8 Å². The molecule has 0 unspecified atom stereocenters. The third-order valence-electron chi connectivity index (χ3n) is 2.46. The van der Waals surface area contributed by atoms with Gasteiger partial charge in [-0.15, -0.1) is 0 Å². The van der Waals surface area contributed by atoms with Gasteiger partial charge in [0, 0.05) is 6.92 Å². The van der Waals surface area contributed by atoms with Crippen LogP contribution in [0.5, 0.6) is 0 Å². The second-order valence-corrected chi connectivity index (χ2v) is 5.89. The first kappa shape index (κ1) is 15.5. The van der Waals surface area contributed by atoms with Gasteiger partial charge in [-0.05, 0) is 19.4 Å². The van der Waals surface area contributed by atoms with E-state index in [4.69, 9.17) is 4.74 Å². The normalized spacial score (nSPS) is 14.1. The van der Waals surface area contributed by atoms with Crippen LogP contribution in [-0.4, -0.2) is 15.8 Å². The van der Waals surface area contributed by atoms with Gasteiger partial charge in [-0.1, -0.05) is 54.2 Å². The summed E-state index contributed by atoms with van der Waals surface area (Å²) in [5, 5.41) is -0.114. The van der Waals surface area contributed by atoms with Gasteiger partial charge in [0.2, 0.25) is 0 Å². The number of thioether (sulfide) groups is 1. The summed E-state index contributed by atoms with van der Waals surface area (Å²) in [6, 6.07) is 9.45. The van der Waals surface area contributed by atoms with Gasteiger partial charge >= 0.3 is 5.97 Å². The molecular weight excluding hydrogens is 260 g/mol. The first-order chi connectivity index (χ1) is 8.98. The summed E-state index contributed by atoms with van der Waals surface area (Å²) in [6.07, 6.45) is 3.44. The molecule has 0 heterocycles.